The van der Waals surface area contributed by atoms with Crippen molar-refractivity contribution in [3.63, 3.8) is 0 Å². The van der Waals surface area contributed by atoms with Crippen molar-refractivity contribution in [1.29, 1.82) is 0 Å². The highest BCUT2D eigenvalue weighted by Gasteiger charge is 2.18. The Balaban J connectivity index is 2.80. The number of hydrogen-bond donors (Lipinski definition) is 1. The maximum Gasteiger partial charge on any atom is 0.349 e. The number of nitrogens with one attached hydrogen (secondary N) is 1. The fourth-order valence-electron chi connectivity index (χ4n) is 0.750. The highest BCUT2D eigenvalue weighted by Crippen LogP contribution is 1.97. The Labute approximate surface area is 64.1 Å². The van der Waals surface area contributed by atoms with Gasteiger partial charge in [-0.2, -0.15) is 4.99 Å². The molecule has 5 nitrogen and oxygen atoms in total. The van der Waals surface area contributed by atoms with Gasteiger partial charge in [-0.25, -0.2) is 4.79 Å². The lowest BCUT2D eigenvalue weighted by atomic mass is 10.3. The molecule has 0 aromatic heterocycles. The van der Waals surface area contributed by atoms with Gasteiger partial charge in [0.05, 0.1) is 6.42 Å². The molecular formula is C6H9N3O2. The Kier molecular flexibility index (Phi) is 1.89. The van der Waals surface area contributed by atoms with Crippen LogP contribution >= 0.6 is 0 Å². The first-order chi connectivity index (χ1) is 5.09. The highest BCUT2D eigenvalue weighted by molar-refractivity contribution is 6.13. The zero-order chi connectivity index (χ0) is 8.43. The van der Waals surface area contributed by atoms with Gasteiger partial charge in [0.2, 0.25) is 5.91 Å². The molecular weight excluding hydrogens is 146 g/mol. The van der Waals surface area contributed by atoms with Crippen molar-refractivity contribution in [2.75, 3.05) is 14.1 Å². The summed E-state index contributed by atoms with van der Waals surface area (Å²) >= 11 is 0. The van der Waals surface area contributed by atoms with Crippen molar-refractivity contribution in [1.82, 2.24) is 10.2 Å². The molecule has 60 valence electrons. The molecule has 0 atom stereocenters. The molecule has 1 N–H and O–H groups in total. The van der Waals surface area contributed by atoms with Crippen LogP contribution in [0, 0.1) is 0 Å². The summed E-state index contributed by atoms with van der Waals surface area (Å²) in [6.07, 6.45) is 0.179. The molecule has 0 spiro atoms. The minimum Gasteiger partial charge on any atom is -0.366 e. The molecule has 1 aliphatic heterocycles. The summed E-state index contributed by atoms with van der Waals surface area (Å²) in [7, 11) is 3.48. The van der Waals surface area contributed by atoms with E-state index in [9.17, 15) is 9.59 Å². The topological polar surface area (TPSA) is 61.8 Å². The van der Waals surface area contributed by atoms with Crippen molar-refractivity contribution in [3.05, 3.63) is 0 Å². The Morgan fingerprint density at radius 2 is 2.09 bits per heavy atom. The minimum absolute atomic E-state index is 0.179. The molecule has 0 saturated carbocycles. The lowest BCUT2D eigenvalue weighted by molar-refractivity contribution is -0.119. The Morgan fingerprint density at radius 1 is 1.45 bits per heavy atom. The number of hydrogen-bond acceptors (Lipinski definition) is 3. The summed E-state index contributed by atoms with van der Waals surface area (Å²) in [5.74, 6) is 0.201. The molecule has 3 amide bonds. The Morgan fingerprint density at radius 3 is 2.55 bits per heavy atom. The molecule has 5 heteroatoms. The summed E-state index contributed by atoms with van der Waals surface area (Å²) in [5, 5.41) is 2.07. The zero-order valence-corrected chi connectivity index (χ0v) is 6.42. The van der Waals surface area contributed by atoms with Crippen molar-refractivity contribution in [3.8, 4) is 0 Å². The van der Waals surface area contributed by atoms with E-state index in [1.165, 1.54) is 0 Å². The van der Waals surface area contributed by atoms with E-state index in [2.05, 4.69) is 10.3 Å². The van der Waals surface area contributed by atoms with E-state index in [0.717, 1.165) is 0 Å². The van der Waals surface area contributed by atoms with E-state index in [1.807, 2.05) is 0 Å². The smallest absolute Gasteiger partial charge is 0.349 e. The first-order valence-corrected chi connectivity index (χ1v) is 3.18. The normalized spacial score (nSPS) is 17.5. The first-order valence-electron chi connectivity index (χ1n) is 3.18. The third-order valence-corrected chi connectivity index (χ3v) is 1.31. The van der Waals surface area contributed by atoms with Crippen molar-refractivity contribution < 1.29 is 9.59 Å². The lowest BCUT2D eigenvalue weighted by Crippen LogP contribution is -2.39. The molecule has 0 bridgehead atoms. The van der Waals surface area contributed by atoms with Crippen LogP contribution in [0.5, 0.6) is 0 Å². The maximum absolute atomic E-state index is 10.7. The molecule has 0 saturated heterocycles. The molecule has 0 radical (unpaired) electrons. The van der Waals surface area contributed by atoms with Gasteiger partial charge < -0.3 is 4.90 Å². The molecule has 0 aliphatic carbocycles. The van der Waals surface area contributed by atoms with E-state index in [1.54, 1.807) is 19.0 Å². The van der Waals surface area contributed by atoms with Crippen LogP contribution < -0.4 is 5.32 Å². The Bertz CT molecular complexity index is 232. The number of carbonyl (C=O) groups excluding carboxylic acids is 2. The van der Waals surface area contributed by atoms with Crippen LogP contribution in [0.25, 0.3) is 0 Å². The number of imide groups is 1. The summed E-state index contributed by atoms with van der Waals surface area (Å²) in [6, 6.07) is -0.579. The van der Waals surface area contributed by atoms with Crippen LogP contribution in [0.2, 0.25) is 0 Å². The number of urea groups is 1. The van der Waals surface area contributed by atoms with Crippen molar-refractivity contribution in [2.24, 2.45) is 4.99 Å². The van der Waals surface area contributed by atoms with Crippen LogP contribution in [-0.2, 0) is 4.79 Å². The second kappa shape index (κ2) is 2.69. The number of carbonyl (C=O) groups is 2. The van der Waals surface area contributed by atoms with E-state index in [0.29, 0.717) is 5.84 Å². The zero-order valence-electron chi connectivity index (χ0n) is 6.42. The van der Waals surface area contributed by atoms with Gasteiger partial charge in [0.1, 0.15) is 5.84 Å². The van der Waals surface area contributed by atoms with Gasteiger partial charge in [-0.1, -0.05) is 0 Å². The SMILES string of the molecule is CN(C)C1=NC(=O)NC(=O)C1. The Hall–Kier alpha value is -1.39. The lowest BCUT2D eigenvalue weighted by Gasteiger charge is -2.17. The fourth-order valence-corrected chi connectivity index (χ4v) is 0.750. The number of nitrogens with zero attached hydrogens (tertiary/aromatic N) is 2. The molecule has 0 aromatic rings. The van der Waals surface area contributed by atoms with Gasteiger partial charge >= 0.3 is 6.03 Å². The van der Waals surface area contributed by atoms with Gasteiger partial charge in [-0.05, 0) is 0 Å². The summed E-state index contributed by atoms with van der Waals surface area (Å²) in [4.78, 5) is 26.6. The average molecular weight is 155 g/mol. The molecule has 0 unspecified atom stereocenters. The molecule has 1 aliphatic rings. The van der Waals surface area contributed by atoms with Gasteiger partial charge in [0, 0.05) is 14.1 Å². The number of aliphatic imine (C=N–C) groups is 1. The largest absolute Gasteiger partial charge is 0.366 e. The van der Waals surface area contributed by atoms with E-state index in [4.69, 9.17) is 0 Å². The van der Waals surface area contributed by atoms with Gasteiger partial charge in [0.25, 0.3) is 0 Å². The molecule has 1 heterocycles. The second-order valence-corrected chi connectivity index (χ2v) is 2.45. The van der Waals surface area contributed by atoms with Gasteiger partial charge in [-0.3, -0.25) is 10.1 Å². The van der Waals surface area contributed by atoms with Gasteiger partial charge in [0.15, 0.2) is 0 Å². The minimum atomic E-state index is -0.579. The fraction of sp³-hybridized carbons (Fsp3) is 0.500. The third kappa shape index (κ3) is 1.76. The number of amides is 3. The molecule has 1 rings (SSSR count). The molecule has 11 heavy (non-hydrogen) atoms. The predicted molar refractivity (Wildman–Crippen MR) is 39.3 cm³/mol. The van der Waals surface area contributed by atoms with E-state index >= 15 is 0 Å². The average Bonchev–Trinajstić information content (AvgIpc) is 1.85. The van der Waals surface area contributed by atoms with Crippen LogP contribution in [0.3, 0.4) is 0 Å². The number of rotatable bonds is 0. The standard InChI is InChI=1S/C6H9N3O2/c1-9(2)4-3-5(10)8-6(11)7-4/h3H2,1-2H3,(H,8,10,11). The van der Waals surface area contributed by atoms with Crippen LogP contribution in [-0.4, -0.2) is 36.8 Å². The maximum atomic E-state index is 10.7. The van der Waals surface area contributed by atoms with Crippen LogP contribution in [0.15, 0.2) is 4.99 Å². The van der Waals surface area contributed by atoms with Gasteiger partial charge in [-0.15, -0.1) is 0 Å². The van der Waals surface area contributed by atoms with Crippen molar-refractivity contribution >= 4 is 17.8 Å². The van der Waals surface area contributed by atoms with Crippen molar-refractivity contribution in [2.45, 2.75) is 6.42 Å². The molecule has 0 aromatic carbocycles. The summed E-state index contributed by atoms with van der Waals surface area (Å²) < 4.78 is 0. The quantitative estimate of drug-likeness (QED) is 0.517. The van der Waals surface area contributed by atoms with Crippen LogP contribution in [0.1, 0.15) is 6.42 Å². The summed E-state index contributed by atoms with van der Waals surface area (Å²) in [5.41, 5.74) is 0. The summed E-state index contributed by atoms with van der Waals surface area (Å²) in [6.45, 7) is 0. The monoisotopic (exact) mass is 155 g/mol. The second-order valence-electron chi connectivity index (χ2n) is 2.45. The molecule has 0 fully saturated rings. The van der Waals surface area contributed by atoms with E-state index in [-0.39, 0.29) is 12.3 Å². The first kappa shape index (κ1) is 7.71. The third-order valence-electron chi connectivity index (χ3n) is 1.31. The number of amidine groups is 1. The predicted octanol–water partition coefficient (Wildman–Crippen LogP) is -0.414. The highest BCUT2D eigenvalue weighted by atomic mass is 16.2. The van der Waals surface area contributed by atoms with E-state index < -0.39 is 6.03 Å². The van der Waals surface area contributed by atoms with Crippen LogP contribution in [0.4, 0.5) is 4.79 Å².